The third-order valence-corrected chi connectivity index (χ3v) is 4.66. The van der Waals surface area contributed by atoms with Crippen LogP contribution in [0.4, 0.5) is 4.79 Å². The number of phenolic OH excluding ortho intramolecular Hbond substituents is 1. The predicted molar refractivity (Wildman–Crippen MR) is 93.6 cm³/mol. The number of aromatic hydroxyl groups is 1. The van der Waals surface area contributed by atoms with Crippen LogP contribution < -0.4 is 0 Å². The highest BCUT2D eigenvalue weighted by molar-refractivity contribution is 9.10. The second kappa shape index (κ2) is 6.24. The van der Waals surface area contributed by atoms with Crippen LogP contribution in [0.2, 0.25) is 0 Å². The van der Waals surface area contributed by atoms with Crippen molar-refractivity contribution in [1.82, 2.24) is 9.80 Å². The van der Waals surface area contributed by atoms with E-state index >= 15 is 0 Å². The Morgan fingerprint density at radius 3 is 2.74 bits per heavy atom. The van der Waals surface area contributed by atoms with Crippen LogP contribution in [-0.4, -0.2) is 41.6 Å². The average molecular weight is 375 g/mol. The molecule has 0 bridgehead atoms. The molecule has 2 aromatic carbocycles. The lowest BCUT2D eigenvalue weighted by Gasteiger charge is -2.36. The van der Waals surface area contributed by atoms with Crippen LogP contribution in [0.25, 0.3) is 0 Å². The normalized spacial score (nSPS) is 16.8. The summed E-state index contributed by atoms with van der Waals surface area (Å²) in [6, 6.07) is 13.5. The molecule has 0 saturated heterocycles. The number of carbonyl (C=O) groups excluding carboxylic acids is 1. The molecular weight excluding hydrogens is 356 g/mol. The van der Waals surface area contributed by atoms with Crippen molar-refractivity contribution >= 4 is 22.0 Å². The van der Waals surface area contributed by atoms with Crippen molar-refractivity contribution in [1.29, 1.82) is 0 Å². The van der Waals surface area contributed by atoms with Gasteiger partial charge in [-0.1, -0.05) is 34.1 Å². The lowest BCUT2D eigenvalue weighted by molar-refractivity contribution is 0.162. The maximum Gasteiger partial charge on any atom is 0.319 e. The van der Waals surface area contributed by atoms with Crippen LogP contribution in [-0.2, 0) is 6.54 Å². The summed E-state index contributed by atoms with van der Waals surface area (Å²) in [5.74, 6) is 0.306. The van der Waals surface area contributed by atoms with Gasteiger partial charge in [-0.05, 0) is 41.0 Å². The van der Waals surface area contributed by atoms with E-state index in [2.05, 4.69) is 28.1 Å². The number of nitrogens with zero attached hydrogens (tertiary/aromatic N) is 2. The molecule has 2 amide bonds. The first-order valence-corrected chi connectivity index (χ1v) is 8.28. The third kappa shape index (κ3) is 3.20. The first-order chi connectivity index (χ1) is 11.0. The molecule has 1 unspecified atom stereocenters. The number of hydrogen-bond donors (Lipinski definition) is 1. The van der Waals surface area contributed by atoms with Crippen LogP contribution in [0.5, 0.6) is 5.75 Å². The molecule has 120 valence electrons. The van der Waals surface area contributed by atoms with Crippen LogP contribution in [0.1, 0.15) is 22.6 Å². The minimum Gasteiger partial charge on any atom is -0.508 e. The quantitative estimate of drug-likeness (QED) is 0.825. The Morgan fingerprint density at radius 2 is 2.04 bits per heavy atom. The van der Waals surface area contributed by atoms with E-state index in [9.17, 15) is 9.90 Å². The second-order valence-electron chi connectivity index (χ2n) is 6.05. The fourth-order valence-electron chi connectivity index (χ4n) is 3.10. The highest BCUT2D eigenvalue weighted by Gasteiger charge is 2.30. The summed E-state index contributed by atoms with van der Waals surface area (Å²) >= 11 is 3.51. The van der Waals surface area contributed by atoms with Crippen molar-refractivity contribution < 1.29 is 9.90 Å². The van der Waals surface area contributed by atoms with E-state index < -0.39 is 0 Å². The van der Waals surface area contributed by atoms with Gasteiger partial charge in [0.15, 0.2) is 0 Å². The number of benzene rings is 2. The summed E-state index contributed by atoms with van der Waals surface area (Å²) in [6.07, 6.45) is 0. The Bertz CT molecular complexity index is 746. The van der Waals surface area contributed by atoms with Gasteiger partial charge in [0.25, 0.3) is 0 Å². The fraction of sp³-hybridized carbons (Fsp3) is 0.278. The predicted octanol–water partition coefficient (Wildman–Crippen LogP) is 3.78. The molecule has 3 rings (SSSR count). The number of amides is 2. The van der Waals surface area contributed by atoms with Crippen molar-refractivity contribution in [2.75, 3.05) is 20.6 Å². The molecule has 1 atom stereocenters. The average Bonchev–Trinajstić information content (AvgIpc) is 2.52. The molecule has 23 heavy (non-hydrogen) atoms. The van der Waals surface area contributed by atoms with Crippen LogP contribution >= 0.6 is 15.9 Å². The number of rotatable bonds is 1. The highest BCUT2D eigenvalue weighted by Crippen LogP contribution is 2.36. The summed E-state index contributed by atoms with van der Waals surface area (Å²) in [5, 5.41) is 9.80. The van der Waals surface area contributed by atoms with Gasteiger partial charge < -0.3 is 14.9 Å². The topological polar surface area (TPSA) is 43.8 Å². The molecule has 0 radical (unpaired) electrons. The third-order valence-electron chi connectivity index (χ3n) is 4.17. The first kappa shape index (κ1) is 15.9. The summed E-state index contributed by atoms with van der Waals surface area (Å²) in [5.41, 5.74) is 3.36. The standard InChI is InChI=1S/C18H19BrN2O2/c1-20(2)18(23)21-10-13-8-14(19)6-7-16(13)17(11-21)12-4-3-5-15(22)9-12/h3-9,17,22H,10-11H2,1-2H3. The monoisotopic (exact) mass is 374 g/mol. The molecule has 1 N–H and O–H groups in total. The second-order valence-corrected chi connectivity index (χ2v) is 6.96. The molecule has 0 fully saturated rings. The summed E-state index contributed by atoms with van der Waals surface area (Å²) in [7, 11) is 3.53. The number of carbonyl (C=O) groups is 1. The van der Waals surface area contributed by atoms with Crippen molar-refractivity contribution in [3.05, 3.63) is 63.6 Å². The van der Waals surface area contributed by atoms with Gasteiger partial charge in [0.05, 0.1) is 0 Å². The van der Waals surface area contributed by atoms with Gasteiger partial charge in [-0.2, -0.15) is 0 Å². The lowest BCUT2D eigenvalue weighted by Crippen LogP contribution is -2.43. The van der Waals surface area contributed by atoms with E-state index in [4.69, 9.17) is 0 Å². The summed E-state index contributed by atoms with van der Waals surface area (Å²) < 4.78 is 1.00. The van der Waals surface area contributed by atoms with Crippen LogP contribution in [0, 0.1) is 0 Å². The Balaban J connectivity index is 2.05. The van der Waals surface area contributed by atoms with Gasteiger partial charge in [-0.15, -0.1) is 0 Å². The first-order valence-electron chi connectivity index (χ1n) is 7.49. The number of urea groups is 1. The molecule has 1 aliphatic rings. The van der Waals surface area contributed by atoms with Gasteiger partial charge in [0, 0.05) is 37.6 Å². The summed E-state index contributed by atoms with van der Waals surface area (Å²) in [6.45, 7) is 1.20. The van der Waals surface area contributed by atoms with E-state index in [1.54, 1.807) is 31.1 Å². The Labute approximate surface area is 144 Å². The van der Waals surface area contributed by atoms with Crippen molar-refractivity contribution in [2.45, 2.75) is 12.5 Å². The van der Waals surface area contributed by atoms with Gasteiger partial charge in [-0.3, -0.25) is 0 Å². The van der Waals surface area contributed by atoms with E-state index in [0.29, 0.717) is 13.1 Å². The minimum absolute atomic E-state index is 0.000721. The van der Waals surface area contributed by atoms with Crippen molar-refractivity contribution in [3.63, 3.8) is 0 Å². The maximum atomic E-state index is 12.4. The molecule has 0 saturated carbocycles. The maximum absolute atomic E-state index is 12.4. The van der Waals surface area contributed by atoms with E-state index in [1.807, 2.05) is 23.1 Å². The summed E-state index contributed by atoms with van der Waals surface area (Å²) in [4.78, 5) is 15.9. The smallest absolute Gasteiger partial charge is 0.319 e. The van der Waals surface area contributed by atoms with E-state index in [-0.39, 0.29) is 17.7 Å². The zero-order valence-electron chi connectivity index (χ0n) is 13.2. The van der Waals surface area contributed by atoms with Crippen LogP contribution in [0.3, 0.4) is 0 Å². The fourth-order valence-corrected chi connectivity index (χ4v) is 3.50. The Morgan fingerprint density at radius 1 is 1.26 bits per heavy atom. The number of phenols is 1. The Hall–Kier alpha value is -2.01. The molecular formula is C18H19BrN2O2. The Kier molecular flexibility index (Phi) is 4.31. The molecule has 2 aromatic rings. The molecule has 1 aliphatic heterocycles. The molecule has 0 spiro atoms. The van der Waals surface area contributed by atoms with Gasteiger partial charge in [0.1, 0.15) is 5.75 Å². The van der Waals surface area contributed by atoms with E-state index in [1.165, 1.54) is 5.56 Å². The van der Waals surface area contributed by atoms with Crippen molar-refractivity contribution in [2.24, 2.45) is 0 Å². The molecule has 4 nitrogen and oxygen atoms in total. The van der Waals surface area contributed by atoms with Crippen molar-refractivity contribution in [3.8, 4) is 5.75 Å². The largest absolute Gasteiger partial charge is 0.508 e. The zero-order chi connectivity index (χ0) is 16.6. The zero-order valence-corrected chi connectivity index (χ0v) is 14.7. The lowest BCUT2D eigenvalue weighted by atomic mass is 9.84. The molecule has 1 heterocycles. The van der Waals surface area contributed by atoms with E-state index in [0.717, 1.165) is 15.6 Å². The SMILES string of the molecule is CN(C)C(=O)N1Cc2cc(Br)ccc2C(c2cccc(O)c2)C1. The number of halogens is 1. The van der Waals surface area contributed by atoms with Gasteiger partial charge in [-0.25, -0.2) is 4.79 Å². The molecule has 5 heteroatoms. The van der Waals surface area contributed by atoms with Crippen LogP contribution in [0.15, 0.2) is 46.9 Å². The minimum atomic E-state index is 0.000721. The highest BCUT2D eigenvalue weighted by atomic mass is 79.9. The van der Waals surface area contributed by atoms with Gasteiger partial charge >= 0.3 is 6.03 Å². The molecule has 0 aliphatic carbocycles. The number of hydrogen-bond acceptors (Lipinski definition) is 2. The van der Waals surface area contributed by atoms with Gasteiger partial charge in [0.2, 0.25) is 0 Å². The number of fused-ring (bicyclic) bond motifs is 1. The molecule has 0 aromatic heterocycles.